The molecule has 0 radical (unpaired) electrons. The predicted octanol–water partition coefficient (Wildman–Crippen LogP) is 8.40. The standard InChI is InChI=1S/C29H34N6O2.C26H30N6O2/c1-29(2)36-25-20(14-23(26(25)37-29)35-12-11-21-27(30)32-16-33-28(21)35)8-6-17-5-7-19-9-10-24(34-22(19)13-17)31-15-18-3-4-18;27-25-19-9-10-32(26(19)30-14-29-25)21-12-18(23(33)24(21)34)6-4-15-3-5-17-7-8-22(31-20(17)11-15)28-13-16-1-2-16/h5,7,9-13,16,18,20,23,25-26H,3-4,6,8,14-15H2,1-2H3,(H,31,34)(H2,30,32,33);3,5,7-11,14,16,18,21,23-24,33-34H,1-2,4,6,12-13H2,(H,28,31)(H2,27,29,30)/t20-,23+,25+,26-;18-,21+,23+,24-/m00/s1. The maximum atomic E-state index is 10.8. The first-order valence-electron chi connectivity index (χ1n) is 25.6. The summed E-state index contributed by atoms with van der Waals surface area (Å²) >= 11 is 0. The van der Waals surface area contributed by atoms with Gasteiger partial charge in [0.2, 0.25) is 0 Å². The molecule has 8 atom stereocenters. The fourth-order valence-electron chi connectivity index (χ4n) is 11.5. The van der Waals surface area contributed by atoms with Crippen LogP contribution in [0.25, 0.3) is 43.9 Å². The first kappa shape index (κ1) is 45.7. The van der Waals surface area contributed by atoms with E-state index in [1.54, 1.807) is 0 Å². The molecule has 0 bridgehead atoms. The van der Waals surface area contributed by atoms with E-state index in [4.69, 9.17) is 30.9 Å². The Morgan fingerprint density at radius 3 is 1.65 bits per heavy atom. The Morgan fingerprint density at radius 1 is 0.606 bits per heavy atom. The van der Waals surface area contributed by atoms with Gasteiger partial charge in [0.15, 0.2) is 5.79 Å². The van der Waals surface area contributed by atoms with E-state index in [0.717, 1.165) is 102 Å². The number of nitrogens with one attached hydrogen (secondary N) is 2. The van der Waals surface area contributed by atoms with Crippen molar-refractivity contribution in [3.8, 4) is 0 Å². The molecule has 7 heterocycles. The van der Waals surface area contributed by atoms with Crippen LogP contribution in [0.15, 0.2) is 97.8 Å². The molecule has 71 heavy (non-hydrogen) atoms. The maximum Gasteiger partial charge on any atom is 0.163 e. The number of aliphatic hydroxyl groups excluding tert-OH is 2. The third kappa shape index (κ3) is 9.45. The average Bonchev–Trinajstić information content (AvgIpc) is 4.20. The molecule has 1 saturated heterocycles. The van der Waals surface area contributed by atoms with Crippen molar-refractivity contribution in [3.63, 3.8) is 0 Å². The largest absolute Gasteiger partial charge is 0.390 e. The number of aromatic nitrogens is 8. The Labute approximate surface area is 412 Å². The van der Waals surface area contributed by atoms with Crippen molar-refractivity contribution in [2.45, 2.75) is 120 Å². The molecule has 2 aromatic carbocycles. The van der Waals surface area contributed by atoms with E-state index < -0.39 is 18.0 Å². The van der Waals surface area contributed by atoms with E-state index in [9.17, 15) is 10.2 Å². The molecule has 5 fully saturated rings. The third-order valence-corrected chi connectivity index (χ3v) is 15.8. The van der Waals surface area contributed by atoms with E-state index >= 15 is 0 Å². The van der Waals surface area contributed by atoms with Crippen LogP contribution in [0.1, 0.15) is 88.4 Å². The van der Waals surface area contributed by atoms with Gasteiger partial charge in [0, 0.05) is 36.3 Å². The highest BCUT2D eigenvalue weighted by Crippen LogP contribution is 2.49. The lowest BCUT2D eigenvalue weighted by Gasteiger charge is -2.24. The van der Waals surface area contributed by atoms with Crippen LogP contribution in [-0.4, -0.2) is 92.5 Å². The van der Waals surface area contributed by atoms with Gasteiger partial charge in [0.25, 0.3) is 0 Å². The summed E-state index contributed by atoms with van der Waals surface area (Å²) < 4.78 is 17.1. The van der Waals surface area contributed by atoms with Gasteiger partial charge in [-0.15, -0.1) is 0 Å². The molecule has 6 aromatic heterocycles. The van der Waals surface area contributed by atoms with Crippen LogP contribution in [0.3, 0.4) is 0 Å². The van der Waals surface area contributed by atoms with Gasteiger partial charge in [-0.05, 0) is 161 Å². The maximum absolute atomic E-state index is 10.8. The van der Waals surface area contributed by atoms with E-state index in [2.05, 4.69) is 95.9 Å². The number of hydrogen-bond donors (Lipinski definition) is 6. The molecule has 0 spiro atoms. The van der Waals surface area contributed by atoms with Crippen molar-refractivity contribution in [2.24, 2.45) is 23.7 Å². The van der Waals surface area contributed by atoms with Gasteiger partial charge in [0.1, 0.15) is 59.4 Å². The van der Waals surface area contributed by atoms with Crippen LogP contribution in [0.4, 0.5) is 23.3 Å². The van der Waals surface area contributed by atoms with Crippen LogP contribution in [0.5, 0.6) is 0 Å². The summed E-state index contributed by atoms with van der Waals surface area (Å²) in [5.74, 6) is 4.23. The van der Waals surface area contributed by atoms with E-state index in [0.29, 0.717) is 29.6 Å². The number of rotatable bonds is 14. The summed E-state index contributed by atoms with van der Waals surface area (Å²) in [6.45, 7) is 6.04. The Balaban J connectivity index is 0.000000146. The SMILES string of the molecule is CC1(C)O[C@@H]2[C@@H](CCc3ccc4ccc(NCC5CC5)nc4c3)C[C@@H](n3ccc4c(N)ncnc43)[C@@H]2O1.Nc1ncnc2c1ccn2[C@@H]1C[C@H](CCc2ccc3ccc(NCC4CC4)nc3c2)[C@@H](O)[C@H]1O. The highest BCUT2D eigenvalue weighted by atomic mass is 16.8. The quantitative estimate of drug-likeness (QED) is 0.0603. The number of hydrogen-bond acceptors (Lipinski definition) is 14. The summed E-state index contributed by atoms with van der Waals surface area (Å²) in [5, 5.41) is 32.5. The number of aliphatic hydroxyl groups is 2. The first-order valence-corrected chi connectivity index (χ1v) is 25.6. The number of aryl methyl sites for hydroxylation is 2. The highest BCUT2D eigenvalue weighted by Gasteiger charge is 2.54. The Hall–Kier alpha value is -6.46. The lowest BCUT2D eigenvalue weighted by atomic mass is 9.95. The second-order valence-electron chi connectivity index (χ2n) is 21.3. The molecule has 8 aromatic rings. The van der Waals surface area contributed by atoms with Crippen molar-refractivity contribution < 1.29 is 19.7 Å². The monoisotopic (exact) mass is 957 g/mol. The molecule has 8 N–H and O–H groups in total. The topological polar surface area (TPSA) is 222 Å². The molecule has 13 rings (SSSR count). The number of pyridine rings is 2. The molecule has 16 heteroatoms. The summed E-state index contributed by atoms with van der Waals surface area (Å²) in [6, 6.07) is 25.2. The van der Waals surface area contributed by atoms with E-state index in [1.807, 2.05) is 42.8 Å². The Morgan fingerprint density at radius 2 is 1.10 bits per heavy atom. The second-order valence-corrected chi connectivity index (χ2v) is 21.3. The number of ether oxygens (including phenoxy) is 2. The number of nitrogen functional groups attached to an aromatic ring is 2. The van der Waals surface area contributed by atoms with Crippen molar-refractivity contribution in [1.29, 1.82) is 0 Å². The van der Waals surface area contributed by atoms with Crippen LogP contribution in [0, 0.1) is 23.7 Å². The fraction of sp³-hybridized carbons (Fsp3) is 0.455. The summed E-state index contributed by atoms with van der Waals surface area (Å²) in [4.78, 5) is 26.8. The van der Waals surface area contributed by atoms with Gasteiger partial charge >= 0.3 is 0 Å². The van der Waals surface area contributed by atoms with Crippen molar-refractivity contribution >= 4 is 67.1 Å². The molecule has 1 aliphatic heterocycles. The minimum Gasteiger partial charge on any atom is -0.390 e. The fourth-order valence-corrected chi connectivity index (χ4v) is 11.5. The van der Waals surface area contributed by atoms with Gasteiger partial charge in [0.05, 0.1) is 46.1 Å². The number of nitrogens with two attached hydrogens (primary N) is 2. The number of fused-ring (bicyclic) bond motifs is 5. The number of benzene rings is 2. The van der Waals surface area contributed by atoms with E-state index in [-0.39, 0.29) is 30.2 Å². The van der Waals surface area contributed by atoms with Gasteiger partial charge in [-0.25, -0.2) is 29.9 Å². The van der Waals surface area contributed by atoms with Crippen LogP contribution in [0.2, 0.25) is 0 Å². The molecular formula is C55H64N12O4. The van der Waals surface area contributed by atoms with Gasteiger partial charge < -0.3 is 50.9 Å². The molecule has 0 unspecified atom stereocenters. The summed E-state index contributed by atoms with van der Waals surface area (Å²) in [5.41, 5.74) is 18.2. The normalized spacial score (nSPS) is 25.7. The molecule has 4 aliphatic carbocycles. The van der Waals surface area contributed by atoms with Crippen molar-refractivity contribution in [3.05, 3.63) is 109 Å². The second kappa shape index (κ2) is 18.6. The number of nitrogens with zero attached hydrogens (tertiary/aromatic N) is 8. The molecule has 5 aliphatic rings. The zero-order valence-corrected chi connectivity index (χ0v) is 40.4. The van der Waals surface area contributed by atoms with Crippen LogP contribution >= 0.6 is 0 Å². The van der Waals surface area contributed by atoms with Gasteiger partial charge in [-0.1, -0.05) is 24.3 Å². The minimum atomic E-state index is -0.852. The Kier molecular flexibility index (Phi) is 12.0. The van der Waals surface area contributed by atoms with Crippen LogP contribution < -0.4 is 22.1 Å². The summed E-state index contributed by atoms with van der Waals surface area (Å²) in [6.07, 6.45) is 15.9. The lowest BCUT2D eigenvalue weighted by molar-refractivity contribution is -0.160. The van der Waals surface area contributed by atoms with Gasteiger partial charge in [-0.3, -0.25) is 0 Å². The summed E-state index contributed by atoms with van der Waals surface area (Å²) in [7, 11) is 0. The highest BCUT2D eigenvalue weighted by molar-refractivity contribution is 5.87. The van der Waals surface area contributed by atoms with Crippen molar-refractivity contribution in [1.82, 2.24) is 39.0 Å². The zero-order chi connectivity index (χ0) is 48.4. The first-order chi connectivity index (χ1) is 34.5. The average molecular weight is 957 g/mol. The smallest absolute Gasteiger partial charge is 0.163 e. The predicted molar refractivity (Wildman–Crippen MR) is 277 cm³/mol. The third-order valence-electron chi connectivity index (χ3n) is 15.8. The molecule has 4 saturated carbocycles. The molecule has 16 nitrogen and oxygen atoms in total. The van der Waals surface area contributed by atoms with E-state index in [1.165, 1.54) is 54.9 Å². The Bertz CT molecular complexity index is 3220. The molecular weight excluding hydrogens is 893 g/mol. The van der Waals surface area contributed by atoms with Gasteiger partial charge in [-0.2, -0.15) is 0 Å². The lowest BCUT2D eigenvalue weighted by Crippen LogP contribution is -2.29. The minimum absolute atomic E-state index is 0.00756. The molecule has 0 amide bonds. The van der Waals surface area contributed by atoms with Crippen LogP contribution in [-0.2, 0) is 22.3 Å². The number of anilines is 4. The zero-order valence-electron chi connectivity index (χ0n) is 40.4. The van der Waals surface area contributed by atoms with Crippen molar-refractivity contribution in [2.75, 3.05) is 35.2 Å². The molecule has 368 valence electrons.